The molecule has 1 N–H and O–H groups in total. The van der Waals surface area contributed by atoms with Gasteiger partial charge in [-0.3, -0.25) is 4.79 Å². The van der Waals surface area contributed by atoms with Crippen molar-refractivity contribution < 1.29 is 4.79 Å². The van der Waals surface area contributed by atoms with Crippen molar-refractivity contribution >= 4 is 17.4 Å². The molecule has 0 radical (unpaired) electrons. The van der Waals surface area contributed by atoms with E-state index in [1.807, 2.05) is 30.3 Å². The minimum atomic E-state index is 0.0387. The monoisotopic (exact) mass is 263 g/mol. The fraction of sp³-hybridized carbons (Fsp3) is 0.400. The highest BCUT2D eigenvalue weighted by Gasteiger charge is 2.32. The lowest BCUT2D eigenvalue weighted by molar-refractivity contribution is -0.114. The van der Waals surface area contributed by atoms with E-state index in [1.165, 1.54) is 0 Å². The van der Waals surface area contributed by atoms with Crippen molar-refractivity contribution in [2.75, 3.05) is 6.54 Å². The van der Waals surface area contributed by atoms with Crippen LogP contribution >= 0.6 is 11.6 Å². The summed E-state index contributed by atoms with van der Waals surface area (Å²) in [5, 5.41) is 3.72. The third-order valence-corrected chi connectivity index (χ3v) is 3.54. The Bertz CT molecular complexity index is 465. The molecule has 0 spiro atoms. The maximum atomic E-state index is 11.8. The molecule has 2 nitrogen and oxygen atoms in total. The second-order valence-corrected chi connectivity index (χ2v) is 5.47. The predicted octanol–water partition coefficient (Wildman–Crippen LogP) is 3.44. The van der Waals surface area contributed by atoms with Crippen LogP contribution in [0.3, 0.4) is 0 Å². The summed E-state index contributed by atoms with van der Waals surface area (Å²) < 4.78 is 0. The van der Waals surface area contributed by atoms with Gasteiger partial charge in [0.05, 0.1) is 0 Å². The first-order valence-corrected chi connectivity index (χ1v) is 6.69. The van der Waals surface area contributed by atoms with Crippen molar-refractivity contribution in [1.29, 1.82) is 0 Å². The van der Waals surface area contributed by atoms with Crippen LogP contribution in [0.25, 0.3) is 0 Å². The van der Waals surface area contributed by atoms with Crippen LogP contribution in [0.2, 0.25) is 0 Å². The molecule has 0 aromatic heterocycles. The van der Waals surface area contributed by atoms with Crippen LogP contribution in [0, 0.1) is 5.92 Å². The Morgan fingerprint density at radius 1 is 1.33 bits per heavy atom. The van der Waals surface area contributed by atoms with Gasteiger partial charge in [0.1, 0.15) is 5.03 Å². The third kappa shape index (κ3) is 2.75. The molecule has 2 rings (SSSR count). The molecule has 1 aliphatic carbocycles. The Kier molecular flexibility index (Phi) is 4.07. The van der Waals surface area contributed by atoms with Crippen LogP contribution in [-0.2, 0) is 4.79 Å². The fourth-order valence-corrected chi connectivity index (χ4v) is 2.44. The summed E-state index contributed by atoms with van der Waals surface area (Å²) in [5.74, 6) is 0.649. The molecule has 96 valence electrons. The number of benzene rings is 1. The van der Waals surface area contributed by atoms with Gasteiger partial charge >= 0.3 is 0 Å². The van der Waals surface area contributed by atoms with Gasteiger partial charge in [-0.25, -0.2) is 0 Å². The normalized spacial score (nSPS) is 19.8. The van der Waals surface area contributed by atoms with Gasteiger partial charge in [-0.05, 0) is 11.5 Å². The van der Waals surface area contributed by atoms with Crippen LogP contribution in [0.15, 0.2) is 41.1 Å². The van der Waals surface area contributed by atoms with Crippen LogP contribution in [-0.4, -0.2) is 12.3 Å². The fourth-order valence-electron chi connectivity index (χ4n) is 2.16. The number of hydrogen-bond donors (Lipinski definition) is 1. The number of rotatable bonds is 4. The van der Waals surface area contributed by atoms with Gasteiger partial charge in [0.2, 0.25) is 0 Å². The van der Waals surface area contributed by atoms with Gasteiger partial charge in [0, 0.05) is 24.6 Å². The van der Waals surface area contributed by atoms with Crippen LogP contribution in [0.4, 0.5) is 0 Å². The van der Waals surface area contributed by atoms with E-state index < -0.39 is 0 Å². The lowest BCUT2D eigenvalue weighted by Crippen LogP contribution is -2.22. The van der Waals surface area contributed by atoms with Crippen molar-refractivity contribution in [3.05, 3.63) is 46.6 Å². The minimum Gasteiger partial charge on any atom is -0.386 e. The van der Waals surface area contributed by atoms with E-state index in [0.717, 1.165) is 17.8 Å². The number of allylic oxidation sites excluding steroid dienone is 2. The predicted molar refractivity (Wildman–Crippen MR) is 74.5 cm³/mol. The van der Waals surface area contributed by atoms with E-state index in [9.17, 15) is 4.79 Å². The molecule has 0 bridgehead atoms. The molecular weight excluding hydrogens is 246 g/mol. The molecule has 0 heterocycles. The second-order valence-electron chi connectivity index (χ2n) is 5.09. The Morgan fingerprint density at radius 2 is 2.00 bits per heavy atom. The van der Waals surface area contributed by atoms with Gasteiger partial charge in [-0.2, -0.15) is 0 Å². The van der Waals surface area contributed by atoms with Crippen LogP contribution in [0.1, 0.15) is 31.7 Å². The Hall–Kier alpha value is -1.28. The van der Waals surface area contributed by atoms with E-state index >= 15 is 0 Å². The molecule has 1 aliphatic rings. The van der Waals surface area contributed by atoms with Gasteiger partial charge in [-0.1, -0.05) is 55.8 Å². The Morgan fingerprint density at radius 3 is 2.61 bits per heavy atom. The smallest absolute Gasteiger partial charge is 0.176 e. The number of Topliss-reactive ketones (excluding diaryl/α,β-unsaturated/α-hetero) is 1. The maximum absolute atomic E-state index is 11.8. The first-order chi connectivity index (χ1) is 8.59. The largest absolute Gasteiger partial charge is 0.386 e. The standard InChI is InChI=1S/C15H18ClNO/c1-10(2)9-17-15-12(8-13(18)14(15)16)11-6-4-3-5-7-11/h3-7,10,12,17H,8-9H2,1-2H3. The Labute approximate surface area is 113 Å². The molecule has 0 amide bonds. The Balaban J connectivity index is 2.23. The molecular formula is C15H18ClNO. The zero-order valence-corrected chi connectivity index (χ0v) is 11.5. The third-order valence-electron chi connectivity index (χ3n) is 3.12. The lowest BCUT2D eigenvalue weighted by atomic mass is 9.96. The zero-order valence-electron chi connectivity index (χ0n) is 10.7. The number of ketones is 1. The number of carbonyl (C=O) groups excluding carboxylic acids is 1. The lowest BCUT2D eigenvalue weighted by Gasteiger charge is -2.18. The highest BCUT2D eigenvalue weighted by molar-refractivity contribution is 6.43. The SMILES string of the molecule is CC(C)CNC1=C(Cl)C(=O)CC1c1ccccc1. The van der Waals surface area contributed by atoms with Gasteiger partial charge in [-0.15, -0.1) is 0 Å². The minimum absolute atomic E-state index is 0.0387. The quantitative estimate of drug-likeness (QED) is 0.902. The second kappa shape index (κ2) is 5.57. The van der Waals surface area contributed by atoms with E-state index in [1.54, 1.807) is 0 Å². The van der Waals surface area contributed by atoms with Crippen LogP contribution in [0.5, 0.6) is 0 Å². The molecule has 1 aromatic rings. The van der Waals surface area contributed by atoms with Crippen molar-refractivity contribution in [1.82, 2.24) is 5.32 Å². The highest BCUT2D eigenvalue weighted by Crippen LogP contribution is 2.37. The number of carbonyl (C=O) groups is 1. The number of nitrogens with one attached hydrogen (secondary N) is 1. The van der Waals surface area contributed by atoms with Crippen molar-refractivity contribution in [2.45, 2.75) is 26.2 Å². The zero-order chi connectivity index (χ0) is 13.1. The van der Waals surface area contributed by atoms with Crippen molar-refractivity contribution in [3.63, 3.8) is 0 Å². The maximum Gasteiger partial charge on any atom is 0.176 e. The van der Waals surface area contributed by atoms with Crippen LogP contribution < -0.4 is 5.32 Å². The summed E-state index contributed by atoms with van der Waals surface area (Å²) in [6.07, 6.45) is 0.475. The first kappa shape index (κ1) is 13.2. The van der Waals surface area contributed by atoms with Crippen molar-refractivity contribution in [2.24, 2.45) is 5.92 Å². The number of halogens is 1. The van der Waals surface area contributed by atoms with Crippen molar-refractivity contribution in [3.8, 4) is 0 Å². The van der Waals surface area contributed by atoms with E-state index in [4.69, 9.17) is 11.6 Å². The van der Waals surface area contributed by atoms with E-state index in [0.29, 0.717) is 17.4 Å². The average molecular weight is 264 g/mol. The molecule has 0 saturated carbocycles. The summed E-state index contributed by atoms with van der Waals surface area (Å²) in [4.78, 5) is 11.8. The van der Waals surface area contributed by atoms with Gasteiger partial charge in [0.15, 0.2) is 5.78 Å². The molecule has 0 saturated heterocycles. The van der Waals surface area contributed by atoms with E-state index in [-0.39, 0.29) is 11.7 Å². The average Bonchev–Trinajstić information content (AvgIpc) is 2.64. The molecule has 0 aliphatic heterocycles. The summed E-state index contributed by atoms with van der Waals surface area (Å²) in [5.41, 5.74) is 2.04. The molecule has 1 atom stereocenters. The summed E-state index contributed by atoms with van der Waals surface area (Å²) in [7, 11) is 0. The summed E-state index contributed by atoms with van der Waals surface area (Å²) in [6.45, 7) is 5.10. The van der Waals surface area contributed by atoms with Gasteiger partial charge < -0.3 is 5.32 Å². The summed E-state index contributed by atoms with van der Waals surface area (Å²) in [6, 6.07) is 10.1. The molecule has 18 heavy (non-hydrogen) atoms. The van der Waals surface area contributed by atoms with Gasteiger partial charge in [0.25, 0.3) is 0 Å². The number of hydrogen-bond acceptors (Lipinski definition) is 2. The molecule has 1 aromatic carbocycles. The molecule has 1 unspecified atom stereocenters. The highest BCUT2D eigenvalue weighted by atomic mass is 35.5. The summed E-state index contributed by atoms with van der Waals surface area (Å²) >= 11 is 6.12. The topological polar surface area (TPSA) is 29.1 Å². The molecule has 3 heteroatoms. The first-order valence-electron chi connectivity index (χ1n) is 6.31. The molecule has 0 fully saturated rings. The van der Waals surface area contributed by atoms with E-state index in [2.05, 4.69) is 19.2 Å².